The lowest BCUT2D eigenvalue weighted by atomic mass is 10.1. The normalized spacial score (nSPS) is 9.78. The van der Waals surface area contributed by atoms with Crippen LogP contribution in [0.2, 0.25) is 0 Å². The van der Waals surface area contributed by atoms with Gasteiger partial charge < -0.3 is 5.32 Å². The lowest BCUT2D eigenvalue weighted by Gasteiger charge is -2.12. The molecule has 0 aliphatic rings. The summed E-state index contributed by atoms with van der Waals surface area (Å²) in [4.78, 5) is 27.1. The van der Waals surface area contributed by atoms with Crippen molar-refractivity contribution in [1.82, 2.24) is 15.8 Å². The number of hydrogen-bond acceptors (Lipinski definition) is 4. The molecule has 0 aliphatic carbocycles. The zero-order chi connectivity index (χ0) is 16.7. The third kappa shape index (κ3) is 4.67. The van der Waals surface area contributed by atoms with E-state index < -0.39 is 0 Å². The third-order valence-electron chi connectivity index (χ3n) is 3.09. The first-order valence-electron chi connectivity index (χ1n) is 7.15. The molecule has 1 heterocycles. The summed E-state index contributed by atoms with van der Waals surface area (Å²) >= 11 is 0. The fourth-order valence-corrected chi connectivity index (χ4v) is 1.78. The van der Waals surface area contributed by atoms with Gasteiger partial charge in [-0.3, -0.25) is 25.4 Å². The molecule has 1 aromatic heterocycles. The van der Waals surface area contributed by atoms with Gasteiger partial charge in [0.15, 0.2) is 0 Å². The van der Waals surface area contributed by atoms with Crippen LogP contribution in [0.4, 0.5) is 5.69 Å². The summed E-state index contributed by atoms with van der Waals surface area (Å²) in [6.45, 7) is 5.66. The van der Waals surface area contributed by atoms with Crippen LogP contribution in [-0.4, -0.2) is 16.8 Å². The summed E-state index contributed by atoms with van der Waals surface area (Å²) in [6.07, 6.45) is 3.50. The molecule has 0 saturated carbocycles. The van der Waals surface area contributed by atoms with Crippen molar-refractivity contribution < 1.29 is 9.59 Å². The average molecular weight is 310 g/mol. The Morgan fingerprint density at radius 1 is 1.09 bits per heavy atom. The number of benzene rings is 1. The summed E-state index contributed by atoms with van der Waals surface area (Å²) in [6, 6.07) is 10.5. The Balaban J connectivity index is 1.91. The molecular formula is C17H18N4O2. The highest BCUT2D eigenvalue weighted by molar-refractivity contribution is 5.94. The number of nitrogens with zero attached hydrogens (tertiary/aromatic N) is 1. The van der Waals surface area contributed by atoms with E-state index >= 15 is 0 Å². The van der Waals surface area contributed by atoms with Gasteiger partial charge in [0.2, 0.25) is 5.91 Å². The van der Waals surface area contributed by atoms with Crippen LogP contribution < -0.4 is 16.2 Å². The summed E-state index contributed by atoms with van der Waals surface area (Å²) in [7, 11) is 0. The molecule has 23 heavy (non-hydrogen) atoms. The molecule has 0 radical (unpaired) electrons. The van der Waals surface area contributed by atoms with Crippen molar-refractivity contribution in [3.8, 4) is 0 Å². The highest BCUT2D eigenvalue weighted by Gasteiger charge is 2.06. The number of carbonyl (C=O) groups is 2. The van der Waals surface area contributed by atoms with E-state index in [2.05, 4.69) is 27.7 Å². The average Bonchev–Trinajstić information content (AvgIpc) is 2.60. The highest BCUT2D eigenvalue weighted by Crippen LogP contribution is 2.14. The summed E-state index contributed by atoms with van der Waals surface area (Å²) in [5.74, 6) is -0.343. The number of carbonyl (C=O) groups excluding carboxylic acids is 2. The van der Waals surface area contributed by atoms with Crippen LogP contribution in [0.15, 0.2) is 55.4 Å². The minimum atomic E-state index is -0.300. The Morgan fingerprint density at radius 3 is 2.43 bits per heavy atom. The van der Waals surface area contributed by atoms with Gasteiger partial charge in [0.05, 0.1) is 11.3 Å². The number of amides is 2. The maximum Gasteiger partial charge on any atom is 0.271 e. The zero-order valence-corrected chi connectivity index (χ0v) is 12.8. The second kappa shape index (κ2) is 7.74. The minimum absolute atomic E-state index is 0.0431. The minimum Gasteiger partial charge on any atom is -0.326 e. The van der Waals surface area contributed by atoms with Gasteiger partial charge >= 0.3 is 0 Å². The molecule has 6 nitrogen and oxygen atoms in total. The topological polar surface area (TPSA) is 83.1 Å². The van der Waals surface area contributed by atoms with Gasteiger partial charge in [0.25, 0.3) is 5.91 Å². The Hall–Kier alpha value is -3.15. The predicted octanol–water partition coefficient (Wildman–Crippen LogP) is 2.34. The highest BCUT2D eigenvalue weighted by atomic mass is 16.2. The molecule has 118 valence electrons. The van der Waals surface area contributed by atoms with Crippen LogP contribution in [-0.2, 0) is 4.79 Å². The SMILES string of the molecule is C=C(NNC(=O)c1cccnc1)c1ccc(NC(=O)CC)cc1. The Labute approximate surface area is 134 Å². The fraction of sp³-hybridized carbons (Fsp3) is 0.118. The predicted molar refractivity (Wildman–Crippen MR) is 89.2 cm³/mol. The number of pyridine rings is 1. The van der Waals surface area contributed by atoms with E-state index in [1.54, 1.807) is 49.5 Å². The van der Waals surface area contributed by atoms with Gasteiger partial charge in [0, 0.05) is 24.5 Å². The van der Waals surface area contributed by atoms with Gasteiger partial charge in [-0.25, -0.2) is 0 Å². The smallest absolute Gasteiger partial charge is 0.271 e. The number of anilines is 1. The molecule has 0 fully saturated rings. The lowest BCUT2D eigenvalue weighted by Crippen LogP contribution is -2.35. The lowest BCUT2D eigenvalue weighted by molar-refractivity contribution is -0.115. The second-order valence-corrected chi connectivity index (χ2v) is 4.78. The van der Waals surface area contributed by atoms with E-state index in [9.17, 15) is 9.59 Å². The van der Waals surface area contributed by atoms with Gasteiger partial charge in [-0.05, 0) is 29.8 Å². The van der Waals surface area contributed by atoms with Crippen LogP contribution in [0.3, 0.4) is 0 Å². The molecule has 2 aromatic rings. The molecule has 0 atom stereocenters. The van der Waals surface area contributed by atoms with Crippen molar-refractivity contribution in [3.05, 3.63) is 66.5 Å². The quantitative estimate of drug-likeness (QED) is 0.715. The molecule has 0 unspecified atom stereocenters. The molecule has 0 saturated heterocycles. The maximum atomic E-state index is 11.9. The number of nitrogens with one attached hydrogen (secondary N) is 3. The van der Waals surface area contributed by atoms with Gasteiger partial charge in [-0.2, -0.15) is 0 Å². The van der Waals surface area contributed by atoms with Crippen molar-refractivity contribution in [3.63, 3.8) is 0 Å². The second-order valence-electron chi connectivity index (χ2n) is 4.78. The van der Waals surface area contributed by atoms with Crippen LogP contribution in [0.1, 0.15) is 29.3 Å². The molecule has 6 heteroatoms. The molecule has 1 aromatic carbocycles. The number of aromatic nitrogens is 1. The van der Waals surface area contributed by atoms with Crippen LogP contribution >= 0.6 is 0 Å². The molecule has 0 bridgehead atoms. The monoisotopic (exact) mass is 310 g/mol. The van der Waals surface area contributed by atoms with E-state index in [0.29, 0.717) is 23.4 Å². The van der Waals surface area contributed by atoms with Crippen molar-refractivity contribution in [2.45, 2.75) is 13.3 Å². The summed E-state index contributed by atoms with van der Waals surface area (Å²) < 4.78 is 0. The summed E-state index contributed by atoms with van der Waals surface area (Å²) in [5.41, 5.74) is 7.81. The number of rotatable bonds is 6. The molecule has 0 aliphatic heterocycles. The van der Waals surface area contributed by atoms with Crippen molar-refractivity contribution >= 4 is 23.2 Å². The Kier molecular flexibility index (Phi) is 5.46. The Bertz CT molecular complexity index is 696. The van der Waals surface area contributed by atoms with E-state index in [1.165, 1.54) is 6.20 Å². The van der Waals surface area contributed by atoms with Gasteiger partial charge in [0.1, 0.15) is 0 Å². The molecule has 2 rings (SSSR count). The fourth-order valence-electron chi connectivity index (χ4n) is 1.78. The van der Waals surface area contributed by atoms with E-state index in [-0.39, 0.29) is 11.8 Å². The largest absolute Gasteiger partial charge is 0.326 e. The van der Waals surface area contributed by atoms with E-state index in [0.717, 1.165) is 5.56 Å². The first-order chi connectivity index (χ1) is 11.1. The number of hydrogen-bond donors (Lipinski definition) is 3. The van der Waals surface area contributed by atoms with Crippen molar-refractivity contribution in [2.24, 2.45) is 0 Å². The van der Waals surface area contributed by atoms with Gasteiger partial charge in [-0.15, -0.1) is 0 Å². The molecule has 3 N–H and O–H groups in total. The summed E-state index contributed by atoms with van der Waals surface area (Å²) in [5, 5.41) is 2.76. The van der Waals surface area contributed by atoms with E-state index in [4.69, 9.17) is 0 Å². The van der Waals surface area contributed by atoms with Crippen molar-refractivity contribution in [1.29, 1.82) is 0 Å². The molecule has 2 amide bonds. The standard InChI is InChI=1S/C17H18N4O2/c1-3-16(22)19-15-8-6-13(7-9-15)12(2)20-21-17(23)14-5-4-10-18-11-14/h4-11,20H,2-3H2,1H3,(H,19,22)(H,21,23). The Morgan fingerprint density at radius 2 is 1.83 bits per heavy atom. The zero-order valence-electron chi connectivity index (χ0n) is 12.8. The van der Waals surface area contributed by atoms with Crippen LogP contribution in [0.5, 0.6) is 0 Å². The first kappa shape index (κ1) is 16.2. The number of hydrazine groups is 1. The van der Waals surface area contributed by atoms with Crippen molar-refractivity contribution in [2.75, 3.05) is 5.32 Å². The van der Waals surface area contributed by atoms with Crippen LogP contribution in [0.25, 0.3) is 5.70 Å². The van der Waals surface area contributed by atoms with E-state index in [1.807, 2.05) is 0 Å². The molecular weight excluding hydrogens is 292 g/mol. The maximum absolute atomic E-state index is 11.9. The third-order valence-corrected chi connectivity index (χ3v) is 3.09. The van der Waals surface area contributed by atoms with Crippen LogP contribution in [0, 0.1) is 0 Å². The molecule has 0 spiro atoms. The first-order valence-corrected chi connectivity index (χ1v) is 7.15. The van der Waals surface area contributed by atoms with Gasteiger partial charge in [-0.1, -0.05) is 25.6 Å².